The topological polar surface area (TPSA) is 105 Å². The number of nitrogens with one attached hydrogen (secondary N) is 2. The lowest BCUT2D eigenvalue weighted by molar-refractivity contribution is -0.136. The van der Waals surface area contributed by atoms with Crippen molar-refractivity contribution in [1.29, 1.82) is 0 Å². The molecule has 2 heterocycles. The Morgan fingerprint density at radius 3 is 2.67 bits per heavy atom. The number of nitrogens with zero attached hydrogens (tertiary/aromatic N) is 1. The highest BCUT2D eigenvalue weighted by atomic mass is 16.2. The third-order valence-corrected chi connectivity index (χ3v) is 5.80. The van der Waals surface area contributed by atoms with Crippen molar-refractivity contribution in [1.82, 2.24) is 15.5 Å². The highest BCUT2D eigenvalue weighted by Gasteiger charge is 2.39. The van der Waals surface area contributed by atoms with Gasteiger partial charge in [0.25, 0.3) is 5.91 Å². The van der Waals surface area contributed by atoms with Crippen LogP contribution in [0.1, 0.15) is 61.0 Å². The lowest BCUT2D eigenvalue weighted by Gasteiger charge is -2.29. The maximum absolute atomic E-state index is 12.7. The molecular weight excluding hydrogens is 344 g/mol. The minimum atomic E-state index is -0.573. The third-order valence-electron chi connectivity index (χ3n) is 5.80. The van der Waals surface area contributed by atoms with Crippen LogP contribution in [-0.2, 0) is 22.7 Å². The van der Waals surface area contributed by atoms with Crippen molar-refractivity contribution in [2.24, 2.45) is 5.73 Å². The summed E-state index contributed by atoms with van der Waals surface area (Å²) in [5, 5.41) is 5.73. The summed E-state index contributed by atoms with van der Waals surface area (Å²) in [5.41, 5.74) is 8.77. The van der Waals surface area contributed by atoms with Gasteiger partial charge in [-0.2, -0.15) is 0 Å². The monoisotopic (exact) mass is 372 g/mol. The van der Waals surface area contributed by atoms with Gasteiger partial charge in [0.05, 0.1) is 0 Å². The van der Waals surface area contributed by atoms with E-state index in [1.54, 1.807) is 4.90 Å². The molecule has 1 atom stereocenters. The van der Waals surface area contributed by atoms with Crippen LogP contribution >= 0.6 is 0 Å². The van der Waals surface area contributed by atoms with Crippen molar-refractivity contribution in [3.05, 3.63) is 34.9 Å². The number of nitrogens with two attached hydrogens (primary N) is 1. The molecule has 7 heteroatoms. The largest absolute Gasteiger partial charge is 0.324 e. The average molecular weight is 372 g/mol. The number of piperidine rings is 1. The summed E-state index contributed by atoms with van der Waals surface area (Å²) in [4.78, 5) is 37.7. The summed E-state index contributed by atoms with van der Waals surface area (Å²) >= 11 is 0. The standard InChI is InChI=1S/C20H28N4O3/c1-3-20(21,4-2)12-22-10-13-5-6-15-14(9-13)11-24(19(15)27)16-7-8-17(25)23-18(16)26/h5-6,9,16,22H,3-4,7-8,10-12,21H2,1-2H3,(H,23,25,26). The zero-order chi connectivity index (χ0) is 19.6. The zero-order valence-electron chi connectivity index (χ0n) is 16.0. The molecule has 1 aromatic rings. The van der Waals surface area contributed by atoms with E-state index in [-0.39, 0.29) is 29.7 Å². The number of benzene rings is 1. The Kier molecular flexibility index (Phi) is 5.62. The fourth-order valence-electron chi connectivity index (χ4n) is 3.69. The minimum absolute atomic E-state index is 0.142. The minimum Gasteiger partial charge on any atom is -0.324 e. The molecule has 0 aromatic heterocycles. The van der Waals surface area contributed by atoms with E-state index in [4.69, 9.17) is 5.73 Å². The van der Waals surface area contributed by atoms with E-state index < -0.39 is 6.04 Å². The van der Waals surface area contributed by atoms with E-state index in [1.807, 2.05) is 18.2 Å². The van der Waals surface area contributed by atoms with Gasteiger partial charge in [-0.05, 0) is 36.5 Å². The summed E-state index contributed by atoms with van der Waals surface area (Å²) in [6.45, 7) is 6.00. The smallest absolute Gasteiger partial charge is 0.255 e. The van der Waals surface area contributed by atoms with Gasteiger partial charge < -0.3 is 16.0 Å². The van der Waals surface area contributed by atoms with Crippen molar-refractivity contribution in [3.8, 4) is 0 Å². The number of hydrogen-bond donors (Lipinski definition) is 3. The van der Waals surface area contributed by atoms with E-state index in [2.05, 4.69) is 24.5 Å². The van der Waals surface area contributed by atoms with Crippen LogP contribution in [0.15, 0.2) is 18.2 Å². The second-order valence-corrected chi connectivity index (χ2v) is 7.56. The van der Waals surface area contributed by atoms with Crippen LogP contribution in [0.4, 0.5) is 0 Å². The van der Waals surface area contributed by atoms with E-state index in [1.165, 1.54) is 0 Å². The van der Waals surface area contributed by atoms with Crippen LogP contribution in [0.5, 0.6) is 0 Å². The normalized spacial score (nSPS) is 20.0. The van der Waals surface area contributed by atoms with Crippen molar-refractivity contribution >= 4 is 17.7 Å². The molecule has 3 amide bonds. The van der Waals surface area contributed by atoms with Gasteiger partial charge in [-0.15, -0.1) is 0 Å². The highest BCUT2D eigenvalue weighted by molar-refractivity contribution is 6.05. The zero-order valence-corrected chi connectivity index (χ0v) is 16.0. The summed E-state index contributed by atoms with van der Waals surface area (Å²) in [6, 6.07) is 5.21. The van der Waals surface area contributed by atoms with Gasteiger partial charge in [0.1, 0.15) is 6.04 Å². The lowest BCUT2D eigenvalue weighted by atomic mass is 9.94. The molecule has 0 radical (unpaired) electrons. The molecule has 0 spiro atoms. The van der Waals surface area contributed by atoms with Crippen molar-refractivity contribution in [3.63, 3.8) is 0 Å². The second-order valence-electron chi connectivity index (χ2n) is 7.56. The Labute approximate surface area is 159 Å². The van der Waals surface area contributed by atoms with Crippen LogP contribution < -0.4 is 16.4 Å². The van der Waals surface area contributed by atoms with E-state index >= 15 is 0 Å². The third kappa shape index (κ3) is 4.04. The summed E-state index contributed by atoms with van der Waals surface area (Å²) < 4.78 is 0. The molecule has 0 aliphatic carbocycles. The lowest BCUT2D eigenvalue weighted by Crippen LogP contribution is -2.52. The van der Waals surface area contributed by atoms with Gasteiger partial charge in [0.15, 0.2) is 0 Å². The predicted molar refractivity (Wildman–Crippen MR) is 102 cm³/mol. The van der Waals surface area contributed by atoms with Gasteiger partial charge in [-0.1, -0.05) is 26.0 Å². The number of carbonyl (C=O) groups excluding carboxylic acids is 3. The molecule has 1 unspecified atom stereocenters. The molecule has 0 bridgehead atoms. The fourth-order valence-corrected chi connectivity index (χ4v) is 3.69. The van der Waals surface area contributed by atoms with Crippen molar-refractivity contribution in [2.45, 2.75) is 64.2 Å². The van der Waals surface area contributed by atoms with Gasteiger partial charge >= 0.3 is 0 Å². The van der Waals surface area contributed by atoms with Gasteiger partial charge in [0.2, 0.25) is 11.8 Å². The van der Waals surface area contributed by atoms with Crippen molar-refractivity contribution in [2.75, 3.05) is 6.54 Å². The molecule has 2 aliphatic rings. The van der Waals surface area contributed by atoms with E-state index in [0.29, 0.717) is 25.1 Å². The van der Waals surface area contributed by atoms with Crippen LogP contribution in [-0.4, -0.2) is 40.7 Å². The maximum atomic E-state index is 12.7. The number of hydrogen-bond acceptors (Lipinski definition) is 5. The first-order valence-corrected chi connectivity index (χ1v) is 9.63. The number of rotatable bonds is 7. The molecule has 3 rings (SSSR count). The van der Waals surface area contributed by atoms with Gasteiger partial charge in [-0.25, -0.2) is 0 Å². The maximum Gasteiger partial charge on any atom is 0.255 e. The molecule has 146 valence electrons. The molecule has 4 N–H and O–H groups in total. The molecule has 1 fully saturated rings. The predicted octanol–water partition coefficient (Wildman–Crippen LogP) is 1.05. The summed E-state index contributed by atoms with van der Waals surface area (Å²) in [7, 11) is 0. The highest BCUT2D eigenvalue weighted by Crippen LogP contribution is 2.28. The summed E-state index contributed by atoms with van der Waals surface area (Å²) in [5.74, 6) is -0.798. The number of amides is 3. The fraction of sp³-hybridized carbons (Fsp3) is 0.550. The second kappa shape index (κ2) is 7.78. The number of imide groups is 1. The molecule has 1 aromatic carbocycles. The molecule has 0 saturated carbocycles. The van der Waals surface area contributed by atoms with Crippen LogP contribution in [0.2, 0.25) is 0 Å². The molecule has 1 saturated heterocycles. The number of carbonyl (C=O) groups is 3. The summed E-state index contributed by atoms with van der Waals surface area (Å²) in [6.07, 6.45) is 2.47. The Morgan fingerprint density at radius 2 is 2.00 bits per heavy atom. The first kappa shape index (κ1) is 19.5. The molecular formula is C20H28N4O3. The number of fused-ring (bicyclic) bond motifs is 1. The molecule has 7 nitrogen and oxygen atoms in total. The van der Waals surface area contributed by atoms with Crippen molar-refractivity contribution < 1.29 is 14.4 Å². The van der Waals surface area contributed by atoms with E-state index in [0.717, 1.165) is 30.5 Å². The quantitative estimate of drug-likeness (QED) is 0.621. The first-order chi connectivity index (χ1) is 12.9. The van der Waals surface area contributed by atoms with Gasteiger partial charge in [0, 0.05) is 37.2 Å². The Hall–Kier alpha value is -2.25. The Bertz CT molecular complexity index is 758. The van der Waals surface area contributed by atoms with Gasteiger partial charge in [-0.3, -0.25) is 19.7 Å². The molecule has 2 aliphatic heterocycles. The molecule has 27 heavy (non-hydrogen) atoms. The van der Waals surface area contributed by atoms with Crippen LogP contribution in [0.3, 0.4) is 0 Å². The Morgan fingerprint density at radius 1 is 1.26 bits per heavy atom. The average Bonchev–Trinajstić information content (AvgIpc) is 2.97. The van der Waals surface area contributed by atoms with Crippen LogP contribution in [0.25, 0.3) is 0 Å². The first-order valence-electron chi connectivity index (χ1n) is 9.63. The SMILES string of the molecule is CCC(N)(CC)CNCc1ccc2c(c1)CN(C1CCC(=O)NC1=O)C2=O. The Balaban J connectivity index is 1.65. The van der Waals surface area contributed by atoms with E-state index in [9.17, 15) is 14.4 Å². The van der Waals surface area contributed by atoms with Crippen LogP contribution in [0, 0.1) is 0 Å².